The van der Waals surface area contributed by atoms with Gasteiger partial charge in [0.15, 0.2) is 0 Å². The number of ether oxygens (including phenoxy) is 1. The molecule has 0 aliphatic rings. The van der Waals surface area contributed by atoms with E-state index in [1.807, 2.05) is 42.5 Å². The van der Waals surface area contributed by atoms with Gasteiger partial charge in [-0.1, -0.05) is 44.0 Å². The summed E-state index contributed by atoms with van der Waals surface area (Å²) < 4.78 is 7.90. The minimum Gasteiger partial charge on any atom is -0.543 e. The zero-order chi connectivity index (χ0) is 17.8. The fraction of sp³-hybridized carbons (Fsp3) is 0.111. The molecule has 0 radical (unpaired) electrons. The van der Waals surface area contributed by atoms with Crippen LogP contribution in [0.3, 0.4) is 0 Å². The molecule has 0 N–H and O–H groups in total. The van der Waals surface area contributed by atoms with Gasteiger partial charge in [0, 0.05) is 26.3 Å². The Morgan fingerprint density at radius 2 is 1.81 bits per heavy atom. The van der Waals surface area contributed by atoms with E-state index >= 15 is 0 Å². The Hall–Kier alpha value is -0.700. The second kappa shape index (κ2) is 10.0. The molecule has 0 atom stereocenters. The molecule has 3 aromatic rings. The first-order chi connectivity index (χ1) is 12.0. The number of halogens is 2. The molecule has 26 heavy (non-hydrogen) atoms. The Morgan fingerprint density at radius 3 is 2.46 bits per heavy atom. The summed E-state index contributed by atoms with van der Waals surface area (Å²) in [5.74, 6) is -0.514. The van der Waals surface area contributed by atoms with Gasteiger partial charge in [0.1, 0.15) is 12.4 Å². The number of benzene rings is 2. The van der Waals surface area contributed by atoms with Crippen molar-refractivity contribution in [3.05, 3.63) is 78.6 Å². The second-order valence-corrected chi connectivity index (χ2v) is 8.03. The molecule has 1 aromatic heterocycles. The summed E-state index contributed by atoms with van der Waals surface area (Å²) in [5, 5.41) is 13.1. The van der Waals surface area contributed by atoms with Gasteiger partial charge in [0.05, 0.1) is 16.7 Å². The van der Waals surface area contributed by atoms with Crippen LogP contribution in [0.4, 0.5) is 0 Å². The van der Waals surface area contributed by atoms with E-state index in [1.165, 1.54) is 16.7 Å². The fourth-order valence-electron chi connectivity index (χ4n) is 2.22. The van der Waals surface area contributed by atoms with Crippen molar-refractivity contribution in [3.8, 4) is 5.75 Å². The fourth-order valence-corrected chi connectivity index (χ4v) is 3.68. The molecular formula is C18H12Br2NNaO3S. The molecule has 0 saturated carbocycles. The van der Waals surface area contributed by atoms with Crippen molar-refractivity contribution < 1.29 is 44.2 Å². The van der Waals surface area contributed by atoms with E-state index in [9.17, 15) is 9.90 Å². The summed E-state index contributed by atoms with van der Waals surface area (Å²) in [4.78, 5) is 15.0. The average Bonchev–Trinajstić information content (AvgIpc) is 3.04. The summed E-state index contributed by atoms with van der Waals surface area (Å²) in [6.45, 7) is 0.448. The quantitative estimate of drug-likeness (QED) is 0.473. The molecule has 0 spiro atoms. The first-order valence-electron chi connectivity index (χ1n) is 7.32. The Morgan fingerprint density at radius 1 is 1.12 bits per heavy atom. The summed E-state index contributed by atoms with van der Waals surface area (Å²) in [6.07, 6.45) is 0.493. The van der Waals surface area contributed by atoms with Gasteiger partial charge in [-0.25, -0.2) is 4.98 Å². The minimum atomic E-state index is -1.26. The third-order valence-electron chi connectivity index (χ3n) is 3.43. The van der Waals surface area contributed by atoms with Crippen LogP contribution in [0.5, 0.6) is 5.75 Å². The normalized spacial score (nSPS) is 10.2. The van der Waals surface area contributed by atoms with Crippen molar-refractivity contribution in [1.82, 2.24) is 4.98 Å². The van der Waals surface area contributed by atoms with Gasteiger partial charge in [0.25, 0.3) is 0 Å². The molecule has 0 unspecified atom stereocenters. The number of carbonyl (C=O) groups excluding carboxylic acids is 1. The molecule has 1 heterocycles. The van der Waals surface area contributed by atoms with Crippen LogP contribution in [0.2, 0.25) is 0 Å². The number of carbonyl (C=O) groups is 1. The van der Waals surface area contributed by atoms with Crippen LogP contribution >= 0.6 is 43.2 Å². The van der Waals surface area contributed by atoms with Gasteiger partial charge in [-0.3, -0.25) is 0 Å². The SMILES string of the molecule is O=C([O-])c1csc(Cc2cc(Br)ccc2OCc2ccc(Br)cc2)n1.[Na+]. The Labute approximate surface area is 194 Å². The van der Waals surface area contributed by atoms with Gasteiger partial charge in [0.2, 0.25) is 0 Å². The monoisotopic (exact) mass is 503 g/mol. The number of carboxylic acid groups (broad SMARTS) is 1. The zero-order valence-electron chi connectivity index (χ0n) is 13.9. The maximum atomic E-state index is 10.9. The van der Waals surface area contributed by atoms with Gasteiger partial charge in [-0.15, -0.1) is 11.3 Å². The van der Waals surface area contributed by atoms with Crippen LogP contribution in [-0.4, -0.2) is 11.0 Å². The van der Waals surface area contributed by atoms with E-state index in [0.29, 0.717) is 18.0 Å². The molecule has 2 aromatic carbocycles. The minimum absolute atomic E-state index is 0. The number of rotatable bonds is 6. The van der Waals surface area contributed by atoms with Crippen molar-refractivity contribution in [1.29, 1.82) is 0 Å². The Kier molecular flexibility index (Phi) is 8.32. The second-order valence-electron chi connectivity index (χ2n) is 5.26. The van der Waals surface area contributed by atoms with Crippen molar-refractivity contribution >= 4 is 49.2 Å². The number of nitrogens with zero attached hydrogens (tertiary/aromatic N) is 1. The molecule has 0 saturated heterocycles. The van der Waals surface area contributed by atoms with Crippen molar-refractivity contribution in [3.63, 3.8) is 0 Å². The van der Waals surface area contributed by atoms with Crippen LogP contribution in [0.1, 0.15) is 26.6 Å². The zero-order valence-corrected chi connectivity index (χ0v) is 19.9. The van der Waals surface area contributed by atoms with Crippen molar-refractivity contribution in [2.75, 3.05) is 0 Å². The largest absolute Gasteiger partial charge is 1.00 e. The van der Waals surface area contributed by atoms with Gasteiger partial charge in [-0.2, -0.15) is 0 Å². The molecule has 0 fully saturated rings. The number of aromatic carboxylic acids is 1. The first-order valence-corrected chi connectivity index (χ1v) is 9.79. The Bertz CT molecular complexity index is 900. The molecule has 0 aliphatic heterocycles. The van der Waals surface area contributed by atoms with E-state index in [2.05, 4.69) is 36.8 Å². The molecule has 4 nitrogen and oxygen atoms in total. The van der Waals surface area contributed by atoms with Crippen molar-refractivity contribution in [2.24, 2.45) is 0 Å². The van der Waals surface area contributed by atoms with Crippen LogP contribution in [0.15, 0.2) is 56.8 Å². The topological polar surface area (TPSA) is 62.2 Å². The van der Waals surface area contributed by atoms with Gasteiger partial charge in [-0.05, 0) is 35.9 Å². The summed E-state index contributed by atoms with van der Waals surface area (Å²) in [5.41, 5.74) is 1.96. The Balaban J connectivity index is 0.00000243. The summed E-state index contributed by atoms with van der Waals surface area (Å²) in [6, 6.07) is 13.7. The van der Waals surface area contributed by atoms with Crippen LogP contribution < -0.4 is 39.4 Å². The van der Waals surface area contributed by atoms with Crippen molar-refractivity contribution in [2.45, 2.75) is 13.0 Å². The molecular weight excluding hydrogens is 493 g/mol. The molecule has 3 rings (SSSR count). The number of hydrogen-bond donors (Lipinski definition) is 0. The van der Waals surface area contributed by atoms with Crippen LogP contribution in [0.25, 0.3) is 0 Å². The number of hydrogen-bond acceptors (Lipinski definition) is 5. The van der Waals surface area contributed by atoms with E-state index in [-0.39, 0.29) is 35.3 Å². The smallest absolute Gasteiger partial charge is 0.543 e. The maximum Gasteiger partial charge on any atom is 1.00 e. The average molecular weight is 505 g/mol. The van der Waals surface area contributed by atoms with E-state index in [4.69, 9.17) is 4.74 Å². The molecule has 0 aliphatic carbocycles. The molecule has 8 heteroatoms. The number of carboxylic acids is 1. The molecule has 0 bridgehead atoms. The first kappa shape index (κ1) is 21.6. The van der Waals surface area contributed by atoms with Crippen LogP contribution in [-0.2, 0) is 13.0 Å². The number of thiazole rings is 1. The van der Waals surface area contributed by atoms with Gasteiger partial charge >= 0.3 is 29.6 Å². The van der Waals surface area contributed by atoms with E-state index in [1.54, 1.807) is 0 Å². The molecule has 128 valence electrons. The van der Waals surface area contributed by atoms with Gasteiger partial charge < -0.3 is 14.6 Å². The standard InChI is InChI=1S/C18H13Br2NO3S.Na/c19-13-3-1-11(2-4-13)9-24-16-6-5-14(20)7-12(16)8-17-21-15(10-25-17)18(22)23;/h1-7,10H,8-9H2,(H,22,23);/q;+1/p-1. The number of aromatic nitrogens is 1. The van der Waals surface area contributed by atoms with Crippen LogP contribution in [0, 0.1) is 0 Å². The predicted molar refractivity (Wildman–Crippen MR) is 102 cm³/mol. The maximum absolute atomic E-state index is 10.9. The third kappa shape index (κ3) is 5.90. The predicted octanol–water partition coefficient (Wildman–Crippen LogP) is 1.21. The molecule has 0 amide bonds. The summed E-state index contributed by atoms with van der Waals surface area (Å²) in [7, 11) is 0. The van der Waals surface area contributed by atoms with E-state index < -0.39 is 5.97 Å². The van der Waals surface area contributed by atoms with E-state index in [0.717, 1.165) is 25.8 Å². The summed E-state index contributed by atoms with van der Waals surface area (Å²) >= 11 is 8.17. The third-order valence-corrected chi connectivity index (χ3v) is 5.30.